The maximum absolute atomic E-state index is 10.8. The van der Waals surface area contributed by atoms with Crippen molar-refractivity contribution >= 4 is 10.9 Å². The van der Waals surface area contributed by atoms with Crippen LogP contribution in [0.2, 0.25) is 0 Å². The zero-order chi connectivity index (χ0) is 12.6. The van der Waals surface area contributed by atoms with Crippen LogP contribution in [0.3, 0.4) is 0 Å². The standard InChI is InChI=1S/C13H16N2O2/c1-9-12(13(2,3)8-15(16)17)10-6-4-5-7-11(10)14-9/h4-7,14H,8H2,1-3H3. The topological polar surface area (TPSA) is 58.9 Å². The third-order valence-corrected chi connectivity index (χ3v) is 3.09. The lowest BCUT2D eigenvalue weighted by atomic mass is 9.83. The first-order valence-corrected chi connectivity index (χ1v) is 5.61. The van der Waals surface area contributed by atoms with Gasteiger partial charge in [-0.2, -0.15) is 0 Å². The zero-order valence-electron chi connectivity index (χ0n) is 10.3. The van der Waals surface area contributed by atoms with Gasteiger partial charge in [-0.25, -0.2) is 0 Å². The summed E-state index contributed by atoms with van der Waals surface area (Å²) in [5.74, 6) is 0. The monoisotopic (exact) mass is 232 g/mol. The summed E-state index contributed by atoms with van der Waals surface area (Å²) >= 11 is 0. The van der Waals surface area contributed by atoms with Gasteiger partial charge in [0.05, 0.1) is 5.41 Å². The summed E-state index contributed by atoms with van der Waals surface area (Å²) in [5, 5.41) is 11.8. The highest BCUT2D eigenvalue weighted by Crippen LogP contribution is 2.33. The lowest BCUT2D eigenvalue weighted by molar-refractivity contribution is -0.489. The fraction of sp³-hybridized carbons (Fsp3) is 0.385. The van der Waals surface area contributed by atoms with Gasteiger partial charge in [-0.1, -0.05) is 18.2 Å². The minimum Gasteiger partial charge on any atom is -0.358 e. The molecular formula is C13H16N2O2. The molecule has 0 radical (unpaired) electrons. The molecule has 1 aromatic heterocycles. The Balaban J connectivity index is 2.61. The van der Waals surface area contributed by atoms with Crippen LogP contribution in [0, 0.1) is 17.0 Å². The second-order valence-electron chi connectivity index (χ2n) is 5.05. The van der Waals surface area contributed by atoms with E-state index in [1.807, 2.05) is 45.0 Å². The number of nitrogens with zero attached hydrogens (tertiary/aromatic N) is 1. The molecule has 1 heterocycles. The van der Waals surface area contributed by atoms with E-state index >= 15 is 0 Å². The molecule has 17 heavy (non-hydrogen) atoms. The Morgan fingerprint density at radius 2 is 2.00 bits per heavy atom. The van der Waals surface area contributed by atoms with Crippen molar-refractivity contribution in [2.75, 3.05) is 6.54 Å². The van der Waals surface area contributed by atoms with Crippen LogP contribution in [-0.4, -0.2) is 16.5 Å². The van der Waals surface area contributed by atoms with Gasteiger partial charge in [0.15, 0.2) is 0 Å². The highest BCUT2D eigenvalue weighted by molar-refractivity contribution is 5.85. The normalized spacial score (nSPS) is 11.9. The van der Waals surface area contributed by atoms with E-state index in [2.05, 4.69) is 4.98 Å². The van der Waals surface area contributed by atoms with Gasteiger partial charge >= 0.3 is 0 Å². The van der Waals surface area contributed by atoms with E-state index in [1.165, 1.54) is 0 Å². The third kappa shape index (κ3) is 2.02. The quantitative estimate of drug-likeness (QED) is 0.653. The van der Waals surface area contributed by atoms with Crippen molar-refractivity contribution in [1.82, 2.24) is 4.98 Å². The van der Waals surface area contributed by atoms with Crippen LogP contribution in [0.25, 0.3) is 10.9 Å². The van der Waals surface area contributed by atoms with E-state index in [0.29, 0.717) is 0 Å². The number of nitro groups is 1. The number of H-pyrrole nitrogens is 1. The van der Waals surface area contributed by atoms with Gasteiger partial charge in [-0.15, -0.1) is 0 Å². The number of benzene rings is 1. The molecule has 1 N–H and O–H groups in total. The minimum atomic E-state index is -0.465. The average Bonchev–Trinajstić information content (AvgIpc) is 2.51. The zero-order valence-corrected chi connectivity index (χ0v) is 10.3. The van der Waals surface area contributed by atoms with Crippen LogP contribution in [0.5, 0.6) is 0 Å². The molecule has 1 aromatic carbocycles. The molecule has 2 rings (SSSR count). The number of aromatic nitrogens is 1. The number of aryl methyl sites for hydroxylation is 1. The predicted molar refractivity (Wildman–Crippen MR) is 67.9 cm³/mol. The minimum absolute atomic E-state index is 0.0598. The van der Waals surface area contributed by atoms with E-state index in [9.17, 15) is 10.1 Å². The fourth-order valence-electron chi connectivity index (χ4n) is 2.55. The summed E-state index contributed by atoms with van der Waals surface area (Å²) in [6, 6.07) is 7.92. The molecule has 0 amide bonds. The van der Waals surface area contributed by atoms with Crippen molar-refractivity contribution in [3.05, 3.63) is 45.6 Å². The van der Waals surface area contributed by atoms with Crippen LogP contribution >= 0.6 is 0 Å². The lowest BCUT2D eigenvalue weighted by Gasteiger charge is -2.20. The molecule has 0 unspecified atom stereocenters. The van der Waals surface area contributed by atoms with Crippen molar-refractivity contribution < 1.29 is 4.92 Å². The number of para-hydroxylation sites is 1. The Morgan fingerprint density at radius 3 is 2.65 bits per heavy atom. The summed E-state index contributed by atoms with van der Waals surface area (Å²) in [4.78, 5) is 13.8. The maximum Gasteiger partial charge on any atom is 0.212 e. The first kappa shape index (κ1) is 11.6. The van der Waals surface area contributed by atoms with Crippen molar-refractivity contribution in [3.63, 3.8) is 0 Å². The number of rotatable bonds is 3. The molecule has 4 heteroatoms. The van der Waals surface area contributed by atoms with Gasteiger partial charge < -0.3 is 4.98 Å². The molecule has 90 valence electrons. The van der Waals surface area contributed by atoms with E-state index in [-0.39, 0.29) is 11.5 Å². The van der Waals surface area contributed by atoms with Crippen molar-refractivity contribution in [2.45, 2.75) is 26.2 Å². The summed E-state index contributed by atoms with van der Waals surface area (Å²) in [6.07, 6.45) is 0. The number of hydrogen-bond acceptors (Lipinski definition) is 2. The van der Waals surface area contributed by atoms with Crippen molar-refractivity contribution in [3.8, 4) is 0 Å². The molecule has 4 nitrogen and oxygen atoms in total. The second-order valence-corrected chi connectivity index (χ2v) is 5.05. The maximum atomic E-state index is 10.8. The second kappa shape index (κ2) is 3.87. The molecule has 0 aliphatic rings. The molecule has 0 aliphatic carbocycles. The average molecular weight is 232 g/mol. The van der Waals surface area contributed by atoms with Crippen LogP contribution < -0.4 is 0 Å². The van der Waals surface area contributed by atoms with E-state index in [1.54, 1.807) is 0 Å². The predicted octanol–water partition coefficient (Wildman–Crippen LogP) is 3.03. The Labute approximate surface area is 99.8 Å². The third-order valence-electron chi connectivity index (χ3n) is 3.09. The molecule has 0 aliphatic heterocycles. The Bertz CT molecular complexity index is 570. The summed E-state index contributed by atoms with van der Waals surface area (Å²) < 4.78 is 0. The van der Waals surface area contributed by atoms with E-state index in [4.69, 9.17) is 0 Å². The highest BCUT2D eigenvalue weighted by atomic mass is 16.6. The van der Waals surface area contributed by atoms with Gasteiger partial charge in [0.1, 0.15) is 0 Å². The molecule has 0 bridgehead atoms. The number of nitrogens with one attached hydrogen (secondary N) is 1. The van der Waals surface area contributed by atoms with Crippen molar-refractivity contribution in [2.24, 2.45) is 0 Å². The Kier molecular flexibility index (Phi) is 2.65. The Hall–Kier alpha value is -1.84. The van der Waals surface area contributed by atoms with Crippen LogP contribution in [-0.2, 0) is 5.41 Å². The van der Waals surface area contributed by atoms with Gasteiger partial charge in [-0.05, 0) is 32.4 Å². The molecule has 0 saturated carbocycles. The number of hydrogen-bond donors (Lipinski definition) is 1. The lowest BCUT2D eigenvalue weighted by Crippen LogP contribution is -2.28. The molecule has 0 fully saturated rings. The highest BCUT2D eigenvalue weighted by Gasteiger charge is 2.31. The largest absolute Gasteiger partial charge is 0.358 e. The van der Waals surface area contributed by atoms with Gasteiger partial charge in [0, 0.05) is 21.5 Å². The smallest absolute Gasteiger partial charge is 0.212 e. The van der Waals surface area contributed by atoms with E-state index < -0.39 is 5.41 Å². The molecule has 0 atom stereocenters. The van der Waals surface area contributed by atoms with Crippen LogP contribution in [0.1, 0.15) is 25.1 Å². The summed E-state index contributed by atoms with van der Waals surface area (Å²) in [6.45, 7) is 5.74. The van der Waals surface area contributed by atoms with Gasteiger partial charge in [0.2, 0.25) is 6.54 Å². The SMILES string of the molecule is Cc1[nH]c2ccccc2c1C(C)(C)C[N+](=O)[O-]. The summed E-state index contributed by atoms with van der Waals surface area (Å²) in [5.41, 5.74) is 2.63. The number of fused-ring (bicyclic) bond motifs is 1. The molecule has 2 aromatic rings. The molecule has 0 saturated heterocycles. The van der Waals surface area contributed by atoms with Crippen molar-refractivity contribution in [1.29, 1.82) is 0 Å². The van der Waals surface area contributed by atoms with Crippen LogP contribution in [0.15, 0.2) is 24.3 Å². The summed E-state index contributed by atoms with van der Waals surface area (Å²) in [7, 11) is 0. The molecule has 0 spiro atoms. The first-order valence-electron chi connectivity index (χ1n) is 5.61. The van der Waals surface area contributed by atoms with Gasteiger partial charge in [0.25, 0.3) is 0 Å². The Morgan fingerprint density at radius 1 is 1.35 bits per heavy atom. The van der Waals surface area contributed by atoms with E-state index in [0.717, 1.165) is 22.2 Å². The number of aromatic amines is 1. The molecular weight excluding hydrogens is 216 g/mol. The van der Waals surface area contributed by atoms with Crippen LogP contribution in [0.4, 0.5) is 0 Å². The fourth-order valence-corrected chi connectivity index (χ4v) is 2.55. The first-order chi connectivity index (χ1) is 7.92. The van der Waals surface area contributed by atoms with Gasteiger partial charge in [-0.3, -0.25) is 10.1 Å².